The number of esters is 1. The van der Waals surface area contributed by atoms with Crippen molar-refractivity contribution in [3.63, 3.8) is 0 Å². The molecule has 10 nitrogen and oxygen atoms in total. The number of hydrogen-bond acceptors (Lipinski definition) is 9. The van der Waals surface area contributed by atoms with E-state index in [-0.39, 0.29) is 58.5 Å². The summed E-state index contributed by atoms with van der Waals surface area (Å²) in [5.74, 6) is -1.25. The van der Waals surface area contributed by atoms with Crippen molar-refractivity contribution < 1.29 is 42.5 Å². The molecule has 9 rings (SSSR count). The predicted octanol–water partition coefficient (Wildman–Crippen LogP) is 12.7. The number of fused-ring (bicyclic) bond motifs is 3. The number of ether oxygens (including phenoxy) is 5. The standard InChI is InChI=1S/C69H71NO9Si/c1-5-74-64(72)44-62(70(45-51-28-12-6-13-29-51)68(73)78-49-61-59-42-26-24-40-57(59)58-41-25-27-43-60(58)61)65(75-46-52-30-14-7-15-31-52)67(77-48-54-34-18-9-19-35-54)66(76-47-53-32-16-8-17-33-53)63(71)50-79-80(69(2,3)4,55-36-20-10-21-37-55)56-38-22-11-23-39-56/h6-43,61-62,65-67H,5,44-50H2,1-4H3/t62-,65-,66+,67+/m0/s1. The second-order valence-corrected chi connectivity index (χ2v) is 25.5. The third-order valence-electron chi connectivity index (χ3n) is 14.9. The molecular weight excluding hydrogens is 1010 g/mol. The third-order valence-corrected chi connectivity index (χ3v) is 19.8. The highest BCUT2D eigenvalue weighted by Crippen LogP contribution is 2.45. The fourth-order valence-electron chi connectivity index (χ4n) is 11.0. The van der Waals surface area contributed by atoms with Gasteiger partial charge in [-0.15, -0.1) is 0 Å². The van der Waals surface area contributed by atoms with Gasteiger partial charge in [-0.25, -0.2) is 4.79 Å². The topological polar surface area (TPSA) is 110 Å². The van der Waals surface area contributed by atoms with E-state index in [1.54, 1.807) is 11.8 Å². The van der Waals surface area contributed by atoms with Gasteiger partial charge in [-0.2, -0.15) is 0 Å². The van der Waals surface area contributed by atoms with E-state index in [1.807, 2.05) is 182 Å². The van der Waals surface area contributed by atoms with E-state index >= 15 is 9.59 Å². The average Bonchev–Trinajstić information content (AvgIpc) is 3.90. The first kappa shape index (κ1) is 56.9. The molecule has 0 saturated carbocycles. The number of amides is 1. The van der Waals surface area contributed by atoms with Crippen LogP contribution in [0.4, 0.5) is 4.79 Å². The summed E-state index contributed by atoms with van der Waals surface area (Å²) in [6.07, 6.45) is -5.00. The van der Waals surface area contributed by atoms with E-state index in [1.165, 1.54) is 0 Å². The number of rotatable bonds is 26. The van der Waals surface area contributed by atoms with Crippen molar-refractivity contribution in [1.82, 2.24) is 4.90 Å². The monoisotopic (exact) mass is 1090 g/mol. The zero-order chi connectivity index (χ0) is 55.7. The molecule has 0 unspecified atom stereocenters. The Bertz CT molecular complexity index is 3130. The van der Waals surface area contributed by atoms with Crippen LogP contribution >= 0.6 is 0 Å². The number of ketones is 1. The summed E-state index contributed by atoms with van der Waals surface area (Å²) in [5.41, 5.74) is 7.49. The molecule has 8 aromatic carbocycles. The Kier molecular flexibility index (Phi) is 19.5. The minimum atomic E-state index is -3.31. The van der Waals surface area contributed by atoms with Crippen molar-refractivity contribution in [3.8, 4) is 11.1 Å². The second kappa shape index (κ2) is 27.4. The lowest BCUT2D eigenvalue weighted by Crippen LogP contribution is -2.67. The largest absolute Gasteiger partial charge is 0.466 e. The molecule has 1 aliphatic rings. The fourth-order valence-corrected chi connectivity index (χ4v) is 15.5. The molecular formula is C69H71NO9Si. The Morgan fingerprint density at radius 1 is 0.500 bits per heavy atom. The first-order valence-corrected chi connectivity index (χ1v) is 29.5. The lowest BCUT2D eigenvalue weighted by molar-refractivity contribution is -0.181. The van der Waals surface area contributed by atoms with Crippen LogP contribution in [0, 0.1) is 0 Å². The van der Waals surface area contributed by atoms with Crippen LogP contribution in [0.25, 0.3) is 11.1 Å². The molecule has 4 atom stereocenters. The zero-order valence-electron chi connectivity index (χ0n) is 46.1. The molecule has 0 N–H and O–H groups in total. The Morgan fingerprint density at radius 2 is 0.912 bits per heavy atom. The molecule has 0 bridgehead atoms. The summed E-state index contributed by atoms with van der Waals surface area (Å²) in [6, 6.07) is 74.0. The summed E-state index contributed by atoms with van der Waals surface area (Å²) in [4.78, 5) is 47.7. The van der Waals surface area contributed by atoms with E-state index in [2.05, 4.69) is 69.3 Å². The van der Waals surface area contributed by atoms with Gasteiger partial charge in [0, 0.05) is 12.5 Å². The molecule has 0 aliphatic heterocycles. The Labute approximate surface area is 472 Å². The molecule has 0 heterocycles. The highest BCUT2D eigenvalue weighted by atomic mass is 28.4. The molecule has 0 radical (unpaired) electrons. The maximum atomic E-state index is 16.1. The van der Waals surface area contributed by atoms with Gasteiger partial charge in [0.25, 0.3) is 8.32 Å². The van der Waals surface area contributed by atoms with Gasteiger partial charge in [0.15, 0.2) is 5.78 Å². The third kappa shape index (κ3) is 13.8. The zero-order valence-corrected chi connectivity index (χ0v) is 47.1. The van der Waals surface area contributed by atoms with Crippen molar-refractivity contribution in [3.05, 3.63) is 264 Å². The lowest BCUT2D eigenvalue weighted by atomic mass is 9.93. The van der Waals surface area contributed by atoms with E-state index in [4.69, 9.17) is 28.1 Å². The highest BCUT2D eigenvalue weighted by molar-refractivity contribution is 6.99. The van der Waals surface area contributed by atoms with Gasteiger partial charge < -0.3 is 28.1 Å². The first-order chi connectivity index (χ1) is 39.0. The van der Waals surface area contributed by atoms with E-state index in [9.17, 15) is 4.79 Å². The highest BCUT2D eigenvalue weighted by Gasteiger charge is 2.52. The molecule has 0 saturated heterocycles. The number of benzene rings is 8. The van der Waals surface area contributed by atoms with Gasteiger partial charge in [0.2, 0.25) is 0 Å². The predicted molar refractivity (Wildman–Crippen MR) is 316 cm³/mol. The van der Waals surface area contributed by atoms with Crippen LogP contribution in [0.1, 0.15) is 73.4 Å². The van der Waals surface area contributed by atoms with Crippen LogP contribution in [0.5, 0.6) is 0 Å². The lowest BCUT2D eigenvalue weighted by Gasteiger charge is -2.44. The number of hydrogen-bond donors (Lipinski definition) is 0. The minimum absolute atomic E-state index is 0.00135. The molecule has 1 amide bonds. The van der Waals surface area contributed by atoms with Crippen LogP contribution in [-0.2, 0) is 64.1 Å². The van der Waals surface area contributed by atoms with Crippen LogP contribution in [-0.4, -0.2) is 75.2 Å². The van der Waals surface area contributed by atoms with Gasteiger partial charge in [-0.05, 0) is 66.8 Å². The SMILES string of the molecule is CCOC(=O)C[C@@H]([C@H](OCc1ccccc1)[C@@H](OCc1ccccc1)[C@H](OCc1ccccc1)C(=O)CO[Si](c1ccccc1)(c1ccccc1)C(C)(C)C)N(Cc1ccccc1)C(=O)OCC1c2ccccc2-c2ccccc21. The number of nitrogens with zero attached hydrogens (tertiary/aromatic N) is 1. The average molecular weight is 1090 g/mol. The van der Waals surface area contributed by atoms with Crippen molar-refractivity contribution in [1.29, 1.82) is 0 Å². The van der Waals surface area contributed by atoms with Crippen molar-refractivity contribution in [2.45, 2.75) is 95.8 Å². The maximum absolute atomic E-state index is 16.1. The van der Waals surface area contributed by atoms with Crippen molar-refractivity contribution >= 4 is 36.5 Å². The van der Waals surface area contributed by atoms with Crippen LogP contribution in [0.15, 0.2) is 231 Å². The summed E-state index contributed by atoms with van der Waals surface area (Å²) in [7, 11) is -3.31. The molecule has 410 valence electrons. The van der Waals surface area contributed by atoms with Gasteiger partial charge in [0.1, 0.15) is 24.9 Å². The smallest absolute Gasteiger partial charge is 0.410 e. The summed E-state index contributed by atoms with van der Waals surface area (Å²) in [5, 5.41) is 1.54. The van der Waals surface area contributed by atoms with Crippen molar-refractivity contribution in [2.75, 3.05) is 19.8 Å². The molecule has 80 heavy (non-hydrogen) atoms. The van der Waals surface area contributed by atoms with Crippen molar-refractivity contribution in [2.24, 2.45) is 0 Å². The van der Waals surface area contributed by atoms with Gasteiger partial charge in [-0.1, -0.05) is 251 Å². The Hall–Kier alpha value is -7.77. The Morgan fingerprint density at radius 3 is 1.38 bits per heavy atom. The number of carbonyl (C=O) groups is 3. The van der Waals surface area contributed by atoms with E-state index in [0.717, 1.165) is 54.9 Å². The summed E-state index contributed by atoms with van der Waals surface area (Å²) >= 11 is 0. The minimum Gasteiger partial charge on any atom is -0.466 e. The Balaban J connectivity index is 1.19. The molecule has 0 fully saturated rings. The molecule has 0 aromatic heterocycles. The molecule has 8 aromatic rings. The molecule has 11 heteroatoms. The van der Waals surface area contributed by atoms with Gasteiger partial charge in [0.05, 0.1) is 45.5 Å². The number of carbonyl (C=O) groups excluding carboxylic acids is 3. The second-order valence-electron chi connectivity index (χ2n) is 21.2. The van der Waals surface area contributed by atoms with Crippen LogP contribution in [0.3, 0.4) is 0 Å². The fraction of sp³-hybridized carbons (Fsp3) is 0.261. The quantitative estimate of drug-likeness (QED) is 0.0387. The summed E-state index contributed by atoms with van der Waals surface area (Å²) < 4.78 is 41.1. The number of Topliss-reactive ketones (excluding diaryl/α,β-unsaturated/α-hetero) is 1. The van der Waals surface area contributed by atoms with Gasteiger partial charge in [-0.3, -0.25) is 14.5 Å². The normalized spacial score (nSPS) is 13.8. The maximum Gasteiger partial charge on any atom is 0.410 e. The van der Waals surface area contributed by atoms with Gasteiger partial charge >= 0.3 is 12.1 Å². The first-order valence-electron chi connectivity index (χ1n) is 27.6. The van der Waals surface area contributed by atoms with E-state index < -0.39 is 55.6 Å². The molecule has 0 spiro atoms. The van der Waals surface area contributed by atoms with Crippen LogP contribution < -0.4 is 10.4 Å². The van der Waals surface area contributed by atoms with E-state index in [0.29, 0.717) is 0 Å². The summed E-state index contributed by atoms with van der Waals surface area (Å²) in [6.45, 7) is 7.99. The van der Waals surface area contributed by atoms with Crippen LogP contribution in [0.2, 0.25) is 5.04 Å². The molecule has 1 aliphatic carbocycles.